The van der Waals surface area contributed by atoms with E-state index in [9.17, 15) is 0 Å². The molecular formula is C13H14N4O. The van der Waals surface area contributed by atoms with Crippen LogP contribution in [0.2, 0.25) is 0 Å². The smallest absolute Gasteiger partial charge is 0.214 e. The molecule has 0 bridgehead atoms. The van der Waals surface area contributed by atoms with Crippen molar-refractivity contribution < 1.29 is 4.42 Å². The van der Waals surface area contributed by atoms with E-state index in [4.69, 9.17) is 10.2 Å². The van der Waals surface area contributed by atoms with E-state index in [1.54, 1.807) is 12.5 Å². The highest BCUT2D eigenvalue weighted by Gasteiger charge is 2.07. The van der Waals surface area contributed by atoms with Gasteiger partial charge in [-0.1, -0.05) is 6.92 Å². The second kappa shape index (κ2) is 4.18. The first-order valence-corrected chi connectivity index (χ1v) is 5.90. The van der Waals surface area contributed by atoms with Crippen molar-refractivity contribution in [2.45, 2.75) is 19.9 Å². The molecule has 0 radical (unpaired) electrons. The highest BCUT2D eigenvalue weighted by atomic mass is 16.4. The lowest BCUT2D eigenvalue weighted by atomic mass is 10.3. The molecule has 0 aliphatic rings. The molecule has 1 aromatic carbocycles. The Hall–Kier alpha value is -2.30. The zero-order chi connectivity index (χ0) is 12.5. The van der Waals surface area contributed by atoms with Gasteiger partial charge in [-0.05, 0) is 18.2 Å². The predicted octanol–water partition coefficient (Wildman–Crippen LogP) is 2.22. The molecule has 0 saturated carbocycles. The molecular weight excluding hydrogens is 228 g/mol. The number of aryl methyl sites for hydroxylation is 1. The summed E-state index contributed by atoms with van der Waals surface area (Å²) in [6, 6.07) is 5.69. The van der Waals surface area contributed by atoms with Crippen molar-refractivity contribution in [3.8, 4) is 0 Å². The Kier molecular flexibility index (Phi) is 2.51. The molecule has 2 N–H and O–H groups in total. The molecule has 5 heteroatoms. The standard InChI is InChI=1S/C13H14N4O/c1-2-10-6-15-13(18-10)7-17-8-16-11-5-9(14)3-4-12(11)17/h3-6,8H,2,7,14H2,1H3. The highest BCUT2D eigenvalue weighted by Crippen LogP contribution is 2.17. The molecule has 3 aromatic rings. The van der Waals surface area contributed by atoms with E-state index >= 15 is 0 Å². The van der Waals surface area contributed by atoms with Crippen molar-refractivity contribution in [1.29, 1.82) is 0 Å². The van der Waals surface area contributed by atoms with Crippen LogP contribution in [0, 0.1) is 0 Å². The van der Waals surface area contributed by atoms with E-state index in [1.807, 2.05) is 29.7 Å². The summed E-state index contributed by atoms with van der Waals surface area (Å²) >= 11 is 0. The Morgan fingerprint density at radius 2 is 2.22 bits per heavy atom. The SMILES string of the molecule is CCc1cnc(Cn2cnc3cc(N)ccc32)o1. The summed E-state index contributed by atoms with van der Waals surface area (Å²) in [5.74, 6) is 1.60. The van der Waals surface area contributed by atoms with E-state index in [1.165, 1.54) is 0 Å². The van der Waals surface area contributed by atoms with Crippen LogP contribution >= 0.6 is 0 Å². The van der Waals surface area contributed by atoms with Crippen molar-refractivity contribution in [3.63, 3.8) is 0 Å². The number of oxazole rings is 1. The molecule has 2 heterocycles. The van der Waals surface area contributed by atoms with Gasteiger partial charge in [0.25, 0.3) is 0 Å². The molecule has 0 spiro atoms. The van der Waals surface area contributed by atoms with Gasteiger partial charge in [-0.3, -0.25) is 0 Å². The third-order valence-corrected chi connectivity index (χ3v) is 2.90. The first-order valence-electron chi connectivity index (χ1n) is 5.90. The van der Waals surface area contributed by atoms with Gasteiger partial charge >= 0.3 is 0 Å². The fourth-order valence-corrected chi connectivity index (χ4v) is 1.94. The number of imidazole rings is 1. The lowest BCUT2D eigenvalue weighted by Gasteiger charge is -2.00. The number of nitrogen functional groups attached to an aromatic ring is 1. The summed E-state index contributed by atoms with van der Waals surface area (Å²) in [5, 5.41) is 0. The fraction of sp³-hybridized carbons (Fsp3) is 0.231. The zero-order valence-corrected chi connectivity index (χ0v) is 10.1. The van der Waals surface area contributed by atoms with Crippen LogP contribution in [0.5, 0.6) is 0 Å². The van der Waals surface area contributed by atoms with E-state index < -0.39 is 0 Å². The van der Waals surface area contributed by atoms with Crippen LogP contribution in [0.1, 0.15) is 18.6 Å². The van der Waals surface area contributed by atoms with Gasteiger partial charge in [-0.2, -0.15) is 0 Å². The van der Waals surface area contributed by atoms with Crippen LogP contribution in [0.3, 0.4) is 0 Å². The number of hydrogen-bond acceptors (Lipinski definition) is 4. The average Bonchev–Trinajstić information content (AvgIpc) is 2.97. The van der Waals surface area contributed by atoms with Gasteiger partial charge in [0.15, 0.2) is 0 Å². The molecule has 18 heavy (non-hydrogen) atoms. The first kappa shape index (κ1) is 10.8. The van der Waals surface area contributed by atoms with Crippen molar-refractivity contribution in [2.75, 3.05) is 5.73 Å². The Balaban J connectivity index is 1.95. The van der Waals surface area contributed by atoms with Gasteiger partial charge in [-0.25, -0.2) is 9.97 Å². The Morgan fingerprint density at radius 1 is 1.33 bits per heavy atom. The van der Waals surface area contributed by atoms with Gasteiger partial charge < -0.3 is 14.7 Å². The second-order valence-electron chi connectivity index (χ2n) is 4.19. The summed E-state index contributed by atoms with van der Waals surface area (Å²) in [7, 11) is 0. The molecule has 2 aromatic heterocycles. The predicted molar refractivity (Wildman–Crippen MR) is 69.1 cm³/mol. The van der Waals surface area contributed by atoms with E-state index in [0.29, 0.717) is 12.4 Å². The second-order valence-corrected chi connectivity index (χ2v) is 4.19. The molecule has 5 nitrogen and oxygen atoms in total. The Bertz CT molecular complexity index is 683. The van der Waals surface area contributed by atoms with Gasteiger partial charge in [0.2, 0.25) is 5.89 Å². The summed E-state index contributed by atoms with van der Waals surface area (Å²) in [6.07, 6.45) is 4.40. The van der Waals surface area contributed by atoms with Crippen molar-refractivity contribution >= 4 is 16.7 Å². The minimum atomic E-state index is 0.584. The zero-order valence-electron chi connectivity index (χ0n) is 10.1. The van der Waals surface area contributed by atoms with Crippen LogP contribution in [-0.4, -0.2) is 14.5 Å². The Labute approximate surface area is 104 Å². The van der Waals surface area contributed by atoms with Gasteiger partial charge in [0.05, 0.1) is 23.6 Å². The van der Waals surface area contributed by atoms with Crippen molar-refractivity contribution in [1.82, 2.24) is 14.5 Å². The van der Waals surface area contributed by atoms with E-state index in [2.05, 4.69) is 9.97 Å². The van der Waals surface area contributed by atoms with Gasteiger partial charge in [0.1, 0.15) is 12.3 Å². The van der Waals surface area contributed by atoms with Crippen LogP contribution in [0.15, 0.2) is 35.1 Å². The maximum absolute atomic E-state index is 5.73. The number of hydrogen-bond donors (Lipinski definition) is 1. The lowest BCUT2D eigenvalue weighted by Crippen LogP contribution is -1.98. The first-order chi connectivity index (χ1) is 8.76. The molecule has 3 rings (SSSR count). The molecule has 0 fully saturated rings. The van der Waals surface area contributed by atoms with Gasteiger partial charge in [0, 0.05) is 12.1 Å². The summed E-state index contributed by atoms with van der Waals surface area (Å²) in [4.78, 5) is 8.56. The summed E-state index contributed by atoms with van der Waals surface area (Å²) in [5.41, 5.74) is 8.36. The monoisotopic (exact) mass is 242 g/mol. The van der Waals surface area contributed by atoms with E-state index in [-0.39, 0.29) is 0 Å². The molecule has 0 aliphatic heterocycles. The number of aromatic nitrogens is 3. The van der Waals surface area contributed by atoms with Crippen LogP contribution < -0.4 is 5.73 Å². The van der Waals surface area contributed by atoms with E-state index in [0.717, 1.165) is 28.9 Å². The topological polar surface area (TPSA) is 69.9 Å². The van der Waals surface area contributed by atoms with Crippen LogP contribution in [0.4, 0.5) is 5.69 Å². The maximum Gasteiger partial charge on any atom is 0.214 e. The average molecular weight is 242 g/mol. The van der Waals surface area contributed by atoms with Crippen molar-refractivity contribution in [2.24, 2.45) is 0 Å². The summed E-state index contributed by atoms with van der Waals surface area (Å²) in [6.45, 7) is 2.63. The summed E-state index contributed by atoms with van der Waals surface area (Å²) < 4.78 is 7.59. The number of nitrogens with two attached hydrogens (primary N) is 1. The molecule has 92 valence electrons. The van der Waals surface area contributed by atoms with Crippen LogP contribution in [0.25, 0.3) is 11.0 Å². The normalized spacial score (nSPS) is 11.2. The largest absolute Gasteiger partial charge is 0.444 e. The van der Waals surface area contributed by atoms with Crippen LogP contribution in [-0.2, 0) is 13.0 Å². The highest BCUT2D eigenvalue weighted by molar-refractivity contribution is 5.78. The molecule has 0 unspecified atom stereocenters. The molecule has 0 atom stereocenters. The quantitative estimate of drug-likeness (QED) is 0.715. The van der Waals surface area contributed by atoms with Gasteiger partial charge in [-0.15, -0.1) is 0 Å². The number of anilines is 1. The number of nitrogens with zero attached hydrogens (tertiary/aromatic N) is 3. The fourth-order valence-electron chi connectivity index (χ4n) is 1.94. The number of benzene rings is 1. The molecule has 0 amide bonds. The number of rotatable bonds is 3. The molecule has 0 saturated heterocycles. The third kappa shape index (κ3) is 1.84. The lowest BCUT2D eigenvalue weighted by molar-refractivity contribution is 0.448. The minimum Gasteiger partial charge on any atom is -0.444 e. The number of fused-ring (bicyclic) bond motifs is 1. The maximum atomic E-state index is 5.73. The Morgan fingerprint density at radius 3 is 3.00 bits per heavy atom. The third-order valence-electron chi connectivity index (χ3n) is 2.90. The minimum absolute atomic E-state index is 0.584. The molecule has 0 aliphatic carbocycles. The van der Waals surface area contributed by atoms with Crippen molar-refractivity contribution in [3.05, 3.63) is 42.4 Å².